The number of carbonyl (C=O) groups excluding carboxylic acids is 1. The van der Waals surface area contributed by atoms with E-state index in [-0.39, 0.29) is 5.97 Å². The van der Waals surface area contributed by atoms with Crippen molar-refractivity contribution < 1.29 is 9.53 Å². The molecule has 1 rings (SSSR count). The van der Waals surface area contributed by atoms with Crippen LogP contribution in [0.4, 0.5) is 0 Å². The number of ether oxygens (including phenoxy) is 1. The first-order valence-corrected chi connectivity index (χ1v) is 6.32. The van der Waals surface area contributed by atoms with E-state index in [0.717, 1.165) is 17.4 Å². The Labute approximate surface area is 111 Å². The lowest BCUT2D eigenvalue weighted by Gasteiger charge is -2.15. The molecule has 0 unspecified atom stereocenters. The summed E-state index contributed by atoms with van der Waals surface area (Å²) in [5.74, 6) is -0.196. The van der Waals surface area contributed by atoms with E-state index >= 15 is 0 Å². The number of nitrogens with zero attached hydrogens (tertiary/aromatic N) is 1. The number of methoxy groups -OCH3 is 1. The quantitative estimate of drug-likeness (QED) is 0.782. The highest BCUT2D eigenvalue weighted by Gasteiger charge is 2.07. The molecule has 0 bridgehead atoms. The van der Waals surface area contributed by atoms with Crippen molar-refractivity contribution in [2.24, 2.45) is 0 Å². The van der Waals surface area contributed by atoms with Gasteiger partial charge in [-0.05, 0) is 43.7 Å². The summed E-state index contributed by atoms with van der Waals surface area (Å²) in [6, 6.07) is 6.26. The largest absolute Gasteiger partial charge is 0.468 e. The molecule has 0 aromatic heterocycles. The van der Waals surface area contributed by atoms with Crippen LogP contribution in [-0.4, -0.2) is 38.1 Å². The third-order valence-electron chi connectivity index (χ3n) is 2.70. The Hall–Kier alpha value is -0.870. The van der Waals surface area contributed by atoms with Crippen LogP contribution in [0, 0.1) is 6.92 Å². The second-order valence-electron chi connectivity index (χ2n) is 4.13. The fourth-order valence-electron chi connectivity index (χ4n) is 1.58. The topological polar surface area (TPSA) is 29.5 Å². The van der Waals surface area contributed by atoms with Crippen LogP contribution >= 0.6 is 15.9 Å². The summed E-state index contributed by atoms with van der Waals surface area (Å²) in [6.45, 7) is 3.28. The van der Waals surface area contributed by atoms with Gasteiger partial charge in [-0.15, -0.1) is 0 Å². The van der Waals surface area contributed by atoms with Gasteiger partial charge in [0.05, 0.1) is 13.7 Å². The van der Waals surface area contributed by atoms with Gasteiger partial charge < -0.3 is 4.74 Å². The third-order valence-corrected chi connectivity index (χ3v) is 3.19. The van der Waals surface area contributed by atoms with E-state index in [1.54, 1.807) is 0 Å². The van der Waals surface area contributed by atoms with Crippen molar-refractivity contribution in [3.05, 3.63) is 33.8 Å². The van der Waals surface area contributed by atoms with Crippen molar-refractivity contribution in [2.45, 2.75) is 13.3 Å². The van der Waals surface area contributed by atoms with E-state index in [0.29, 0.717) is 6.54 Å². The first-order chi connectivity index (χ1) is 8.02. The number of benzene rings is 1. The van der Waals surface area contributed by atoms with Gasteiger partial charge in [0.15, 0.2) is 0 Å². The van der Waals surface area contributed by atoms with Gasteiger partial charge in [0, 0.05) is 11.0 Å². The lowest BCUT2D eigenvalue weighted by Crippen LogP contribution is -2.28. The van der Waals surface area contributed by atoms with Crippen LogP contribution in [0.3, 0.4) is 0 Å². The maximum absolute atomic E-state index is 11.1. The number of aryl methyl sites for hydroxylation is 1. The average Bonchev–Trinajstić information content (AvgIpc) is 2.30. The minimum Gasteiger partial charge on any atom is -0.468 e. The summed E-state index contributed by atoms with van der Waals surface area (Å²) in [5, 5.41) is 0. The van der Waals surface area contributed by atoms with Crippen LogP contribution in [-0.2, 0) is 16.0 Å². The van der Waals surface area contributed by atoms with Crippen LogP contribution in [0.2, 0.25) is 0 Å². The summed E-state index contributed by atoms with van der Waals surface area (Å²) >= 11 is 3.47. The first kappa shape index (κ1) is 14.2. The maximum Gasteiger partial charge on any atom is 0.319 e. The monoisotopic (exact) mass is 299 g/mol. The molecule has 0 amide bonds. The number of halogens is 1. The number of hydrogen-bond acceptors (Lipinski definition) is 3. The second-order valence-corrected chi connectivity index (χ2v) is 5.05. The normalized spacial score (nSPS) is 10.6. The number of esters is 1. The first-order valence-electron chi connectivity index (χ1n) is 5.53. The van der Waals surface area contributed by atoms with E-state index in [1.165, 1.54) is 18.2 Å². The molecule has 0 heterocycles. The van der Waals surface area contributed by atoms with Gasteiger partial charge in [0.2, 0.25) is 0 Å². The molecule has 4 heteroatoms. The molecule has 0 N–H and O–H groups in total. The highest BCUT2D eigenvalue weighted by atomic mass is 79.9. The molecule has 0 saturated carbocycles. The number of carbonyl (C=O) groups is 1. The summed E-state index contributed by atoms with van der Waals surface area (Å²) in [6.07, 6.45) is 0.929. The summed E-state index contributed by atoms with van der Waals surface area (Å²) in [4.78, 5) is 13.0. The molecule has 0 aliphatic rings. The zero-order chi connectivity index (χ0) is 12.8. The highest BCUT2D eigenvalue weighted by molar-refractivity contribution is 9.10. The molecule has 0 fully saturated rings. The lowest BCUT2D eigenvalue weighted by atomic mass is 10.1. The Kier molecular flexibility index (Phi) is 5.65. The molecule has 1 aromatic rings. The summed E-state index contributed by atoms with van der Waals surface area (Å²) in [7, 11) is 3.33. The molecule has 0 aliphatic carbocycles. The van der Waals surface area contributed by atoms with Crippen LogP contribution in [0.15, 0.2) is 22.7 Å². The molecule has 0 radical (unpaired) electrons. The summed E-state index contributed by atoms with van der Waals surface area (Å²) in [5.41, 5.74) is 2.58. The lowest BCUT2D eigenvalue weighted by molar-refractivity contribution is -0.141. The number of hydrogen-bond donors (Lipinski definition) is 0. The number of rotatable bonds is 5. The highest BCUT2D eigenvalue weighted by Crippen LogP contribution is 2.16. The molecule has 94 valence electrons. The van der Waals surface area contributed by atoms with E-state index in [1.807, 2.05) is 18.0 Å². The fraction of sp³-hybridized carbons (Fsp3) is 0.462. The molecule has 17 heavy (non-hydrogen) atoms. The molecular formula is C13H18BrNO2. The zero-order valence-electron chi connectivity index (χ0n) is 10.5. The van der Waals surface area contributed by atoms with Crippen LogP contribution in [0.1, 0.15) is 11.1 Å². The van der Waals surface area contributed by atoms with Gasteiger partial charge in [-0.3, -0.25) is 9.69 Å². The van der Waals surface area contributed by atoms with Crippen LogP contribution in [0.25, 0.3) is 0 Å². The predicted molar refractivity (Wildman–Crippen MR) is 72.1 cm³/mol. The van der Waals surface area contributed by atoms with Crippen molar-refractivity contribution in [3.63, 3.8) is 0 Å². The molecule has 3 nitrogen and oxygen atoms in total. The van der Waals surface area contributed by atoms with Crippen molar-refractivity contribution in [2.75, 3.05) is 27.2 Å². The number of likely N-dealkylation sites (N-methyl/N-ethyl adjacent to an activating group) is 1. The van der Waals surface area contributed by atoms with Crippen molar-refractivity contribution in [3.8, 4) is 0 Å². The molecule has 0 saturated heterocycles. The van der Waals surface area contributed by atoms with Gasteiger partial charge in [-0.25, -0.2) is 0 Å². The Bertz CT molecular complexity index is 393. The molecule has 0 spiro atoms. The SMILES string of the molecule is COC(=O)CN(C)CCc1cc(Br)ccc1C. The Morgan fingerprint density at radius 3 is 2.82 bits per heavy atom. The summed E-state index contributed by atoms with van der Waals surface area (Å²) < 4.78 is 5.72. The van der Waals surface area contributed by atoms with Gasteiger partial charge in [-0.2, -0.15) is 0 Å². The standard InChI is InChI=1S/C13H18BrNO2/c1-10-4-5-12(14)8-11(10)6-7-15(2)9-13(16)17-3/h4-5,8H,6-7,9H2,1-3H3. The zero-order valence-corrected chi connectivity index (χ0v) is 12.1. The van der Waals surface area contributed by atoms with Crippen molar-refractivity contribution >= 4 is 21.9 Å². The predicted octanol–water partition coefficient (Wildman–Crippen LogP) is 2.40. The van der Waals surface area contributed by atoms with E-state index < -0.39 is 0 Å². The van der Waals surface area contributed by atoms with Gasteiger partial charge in [-0.1, -0.05) is 22.0 Å². The minimum atomic E-state index is -0.196. The fourth-order valence-corrected chi connectivity index (χ4v) is 1.99. The molecule has 0 atom stereocenters. The Balaban J connectivity index is 2.49. The van der Waals surface area contributed by atoms with E-state index in [4.69, 9.17) is 0 Å². The maximum atomic E-state index is 11.1. The molecule has 1 aromatic carbocycles. The van der Waals surface area contributed by atoms with Crippen molar-refractivity contribution in [1.82, 2.24) is 4.90 Å². The van der Waals surface area contributed by atoms with Crippen LogP contribution in [0.5, 0.6) is 0 Å². The van der Waals surface area contributed by atoms with E-state index in [9.17, 15) is 4.79 Å². The van der Waals surface area contributed by atoms with Crippen LogP contribution < -0.4 is 0 Å². The molecule has 0 aliphatic heterocycles. The minimum absolute atomic E-state index is 0.196. The third kappa shape index (κ3) is 4.88. The van der Waals surface area contributed by atoms with Gasteiger partial charge in [0.1, 0.15) is 0 Å². The Morgan fingerprint density at radius 1 is 1.47 bits per heavy atom. The Morgan fingerprint density at radius 2 is 2.18 bits per heavy atom. The average molecular weight is 300 g/mol. The molecular weight excluding hydrogens is 282 g/mol. The smallest absolute Gasteiger partial charge is 0.319 e. The van der Waals surface area contributed by atoms with Gasteiger partial charge in [0.25, 0.3) is 0 Å². The van der Waals surface area contributed by atoms with E-state index in [2.05, 4.69) is 39.7 Å². The second kappa shape index (κ2) is 6.77. The van der Waals surface area contributed by atoms with Crippen molar-refractivity contribution in [1.29, 1.82) is 0 Å². The van der Waals surface area contributed by atoms with Gasteiger partial charge >= 0.3 is 5.97 Å².